The number of nitrogens with zero attached hydrogens (tertiary/aromatic N) is 4. The number of piperidine rings is 1. The Labute approximate surface area is 133 Å². The van der Waals surface area contributed by atoms with Crippen LogP contribution in [0.25, 0.3) is 5.69 Å². The van der Waals surface area contributed by atoms with Gasteiger partial charge in [0, 0.05) is 18.7 Å². The molecule has 0 spiro atoms. The van der Waals surface area contributed by atoms with Gasteiger partial charge < -0.3 is 10.0 Å². The molecule has 1 fully saturated rings. The molecular weight excluding hydrogens is 296 g/mol. The molecule has 0 bridgehead atoms. The van der Waals surface area contributed by atoms with Crippen molar-refractivity contribution in [2.75, 3.05) is 13.1 Å². The molecule has 1 amide bonds. The van der Waals surface area contributed by atoms with Crippen molar-refractivity contribution in [3.8, 4) is 5.69 Å². The maximum Gasteiger partial charge on any atom is 0.308 e. The number of rotatable bonds is 3. The second-order valence-electron chi connectivity index (χ2n) is 5.98. The van der Waals surface area contributed by atoms with E-state index in [1.807, 2.05) is 6.92 Å². The number of amides is 1. The van der Waals surface area contributed by atoms with Crippen molar-refractivity contribution < 1.29 is 14.7 Å². The predicted molar refractivity (Wildman–Crippen MR) is 82.2 cm³/mol. The second kappa shape index (κ2) is 6.20. The van der Waals surface area contributed by atoms with Crippen LogP contribution in [0.15, 0.2) is 36.7 Å². The summed E-state index contributed by atoms with van der Waals surface area (Å²) in [4.78, 5) is 25.5. The van der Waals surface area contributed by atoms with Crippen LogP contribution >= 0.6 is 0 Å². The Kier molecular flexibility index (Phi) is 4.10. The van der Waals surface area contributed by atoms with Crippen molar-refractivity contribution in [2.24, 2.45) is 11.8 Å². The highest BCUT2D eigenvalue weighted by atomic mass is 16.4. The van der Waals surface area contributed by atoms with Crippen molar-refractivity contribution in [3.63, 3.8) is 0 Å². The van der Waals surface area contributed by atoms with Gasteiger partial charge in [0.05, 0.1) is 24.0 Å². The van der Waals surface area contributed by atoms with Gasteiger partial charge in [0.15, 0.2) is 0 Å². The lowest BCUT2D eigenvalue weighted by molar-refractivity contribution is -0.143. The van der Waals surface area contributed by atoms with Crippen molar-refractivity contribution in [3.05, 3.63) is 42.2 Å². The van der Waals surface area contributed by atoms with E-state index < -0.39 is 11.9 Å². The number of carbonyl (C=O) groups excluding carboxylic acids is 1. The molecule has 7 nitrogen and oxygen atoms in total. The lowest BCUT2D eigenvalue weighted by Gasteiger charge is -2.34. The van der Waals surface area contributed by atoms with Crippen LogP contribution in [-0.4, -0.2) is 50.0 Å². The number of carboxylic acid groups (broad SMARTS) is 1. The summed E-state index contributed by atoms with van der Waals surface area (Å²) in [7, 11) is 0. The minimum Gasteiger partial charge on any atom is -0.481 e. The molecule has 1 N–H and O–H groups in total. The first kappa shape index (κ1) is 15.2. The first-order chi connectivity index (χ1) is 11.0. The number of benzene rings is 1. The van der Waals surface area contributed by atoms with Crippen molar-refractivity contribution in [1.29, 1.82) is 0 Å². The van der Waals surface area contributed by atoms with E-state index >= 15 is 0 Å². The van der Waals surface area contributed by atoms with Gasteiger partial charge in [-0.15, -0.1) is 5.10 Å². The Morgan fingerprint density at radius 2 is 1.96 bits per heavy atom. The Balaban J connectivity index is 1.76. The molecule has 0 saturated carbocycles. The fraction of sp³-hybridized carbons (Fsp3) is 0.375. The van der Waals surface area contributed by atoms with Gasteiger partial charge in [0.25, 0.3) is 5.91 Å². The highest BCUT2D eigenvalue weighted by molar-refractivity contribution is 5.94. The molecule has 1 aliphatic heterocycles. The SMILES string of the molecule is CC1CC(C(=O)O)CN(C(=O)c2ccc(-n3ccnn3)cc2)C1. The van der Waals surface area contributed by atoms with Crippen LogP contribution in [0.1, 0.15) is 23.7 Å². The second-order valence-corrected chi connectivity index (χ2v) is 5.98. The van der Waals surface area contributed by atoms with Gasteiger partial charge >= 0.3 is 5.97 Å². The van der Waals surface area contributed by atoms with Crippen LogP contribution < -0.4 is 0 Å². The topological polar surface area (TPSA) is 88.3 Å². The molecule has 120 valence electrons. The number of hydrogen-bond acceptors (Lipinski definition) is 4. The van der Waals surface area contributed by atoms with Crippen molar-refractivity contribution in [2.45, 2.75) is 13.3 Å². The van der Waals surface area contributed by atoms with Crippen LogP contribution in [-0.2, 0) is 4.79 Å². The largest absolute Gasteiger partial charge is 0.481 e. The minimum absolute atomic E-state index is 0.132. The van der Waals surface area contributed by atoms with E-state index in [-0.39, 0.29) is 18.4 Å². The number of hydrogen-bond donors (Lipinski definition) is 1. The van der Waals surface area contributed by atoms with Gasteiger partial charge in [-0.1, -0.05) is 12.1 Å². The highest BCUT2D eigenvalue weighted by Gasteiger charge is 2.32. The smallest absolute Gasteiger partial charge is 0.308 e. The molecule has 1 aromatic carbocycles. The Bertz CT molecular complexity index is 697. The average molecular weight is 314 g/mol. The van der Waals surface area contributed by atoms with Gasteiger partial charge in [-0.05, 0) is 36.6 Å². The van der Waals surface area contributed by atoms with E-state index in [2.05, 4.69) is 10.3 Å². The lowest BCUT2D eigenvalue weighted by atomic mass is 9.90. The molecule has 2 aromatic rings. The van der Waals surface area contributed by atoms with Crippen LogP contribution in [0.4, 0.5) is 0 Å². The Morgan fingerprint density at radius 1 is 1.22 bits per heavy atom. The molecule has 0 radical (unpaired) electrons. The summed E-state index contributed by atoms with van der Waals surface area (Å²) in [6, 6.07) is 7.05. The molecule has 7 heteroatoms. The zero-order valence-corrected chi connectivity index (χ0v) is 12.8. The zero-order chi connectivity index (χ0) is 16.4. The first-order valence-corrected chi connectivity index (χ1v) is 7.53. The van der Waals surface area contributed by atoms with Crippen molar-refractivity contribution >= 4 is 11.9 Å². The fourth-order valence-electron chi connectivity index (χ4n) is 2.98. The molecule has 2 atom stereocenters. The van der Waals surface area contributed by atoms with Gasteiger partial charge in [0.1, 0.15) is 0 Å². The molecule has 0 aliphatic carbocycles. The summed E-state index contributed by atoms with van der Waals surface area (Å²) in [5.74, 6) is -1.27. The van der Waals surface area contributed by atoms with E-state index in [9.17, 15) is 14.7 Å². The molecule has 1 aliphatic rings. The first-order valence-electron chi connectivity index (χ1n) is 7.53. The third-order valence-electron chi connectivity index (χ3n) is 4.10. The van der Waals surface area contributed by atoms with E-state index in [1.165, 1.54) is 0 Å². The summed E-state index contributed by atoms with van der Waals surface area (Å²) in [5.41, 5.74) is 1.36. The number of carboxylic acids is 1. The van der Waals surface area contributed by atoms with Crippen LogP contribution in [0.2, 0.25) is 0 Å². The maximum atomic E-state index is 12.6. The molecule has 3 rings (SSSR count). The maximum absolute atomic E-state index is 12.6. The van der Waals surface area contributed by atoms with Gasteiger partial charge in [-0.25, -0.2) is 4.68 Å². The lowest BCUT2D eigenvalue weighted by Crippen LogP contribution is -2.45. The van der Waals surface area contributed by atoms with E-state index in [4.69, 9.17) is 0 Å². The molecular formula is C16H18N4O3. The Morgan fingerprint density at radius 3 is 2.57 bits per heavy atom. The monoisotopic (exact) mass is 314 g/mol. The summed E-state index contributed by atoms with van der Waals surface area (Å²) in [5, 5.41) is 16.9. The molecule has 1 saturated heterocycles. The highest BCUT2D eigenvalue weighted by Crippen LogP contribution is 2.23. The standard InChI is InChI=1S/C16H18N4O3/c1-11-8-13(16(22)23)10-19(9-11)15(21)12-2-4-14(5-3-12)20-7-6-17-18-20/h2-7,11,13H,8-10H2,1H3,(H,22,23). The molecule has 1 aromatic heterocycles. The number of likely N-dealkylation sites (tertiary alicyclic amines) is 1. The number of aliphatic carboxylic acids is 1. The minimum atomic E-state index is -0.837. The third-order valence-corrected chi connectivity index (χ3v) is 4.10. The summed E-state index contributed by atoms with van der Waals surface area (Å²) in [6.45, 7) is 2.83. The number of carbonyl (C=O) groups is 2. The molecule has 23 heavy (non-hydrogen) atoms. The summed E-state index contributed by atoms with van der Waals surface area (Å²) >= 11 is 0. The van der Waals surface area contributed by atoms with Crippen LogP contribution in [0.3, 0.4) is 0 Å². The van der Waals surface area contributed by atoms with E-state index in [0.717, 1.165) is 5.69 Å². The van der Waals surface area contributed by atoms with Gasteiger partial charge in [-0.2, -0.15) is 0 Å². The zero-order valence-electron chi connectivity index (χ0n) is 12.8. The third kappa shape index (κ3) is 3.23. The fourth-order valence-corrected chi connectivity index (χ4v) is 2.98. The van der Waals surface area contributed by atoms with Gasteiger partial charge in [-0.3, -0.25) is 9.59 Å². The Hall–Kier alpha value is -2.70. The van der Waals surface area contributed by atoms with E-state index in [1.54, 1.807) is 46.2 Å². The predicted octanol–water partition coefficient (Wildman–Crippen LogP) is 1.45. The molecule has 2 heterocycles. The van der Waals surface area contributed by atoms with Crippen molar-refractivity contribution in [1.82, 2.24) is 19.9 Å². The average Bonchev–Trinajstić information content (AvgIpc) is 3.08. The van der Waals surface area contributed by atoms with Crippen LogP contribution in [0, 0.1) is 11.8 Å². The summed E-state index contributed by atoms with van der Waals surface area (Å²) in [6.07, 6.45) is 3.92. The molecule has 2 unspecified atom stereocenters. The van der Waals surface area contributed by atoms with E-state index in [0.29, 0.717) is 18.5 Å². The van der Waals surface area contributed by atoms with Crippen LogP contribution in [0.5, 0.6) is 0 Å². The van der Waals surface area contributed by atoms with Gasteiger partial charge in [0.2, 0.25) is 0 Å². The summed E-state index contributed by atoms with van der Waals surface area (Å²) < 4.78 is 1.61. The number of aromatic nitrogens is 3. The quantitative estimate of drug-likeness (QED) is 0.926. The normalized spacial score (nSPS) is 21.2.